The molecule has 1 fully saturated rings. The number of anilines is 2. The Morgan fingerprint density at radius 3 is 3.00 bits per heavy atom. The van der Waals surface area contributed by atoms with Crippen LogP contribution in [0.3, 0.4) is 0 Å². The number of rotatable bonds is 4. The van der Waals surface area contributed by atoms with Crippen molar-refractivity contribution in [2.45, 2.75) is 13.0 Å². The van der Waals surface area contributed by atoms with E-state index in [0.717, 1.165) is 0 Å². The smallest absolute Gasteiger partial charge is 0.323 e. The van der Waals surface area contributed by atoms with E-state index in [1.807, 2.05) is 0 Å². The second kappa shape index (κ2) is 5.65. The van der Waals surface area contributed by atoms with Gasteiger partial charge in [0.05, 0.1) is 19.8 Å². The van der Waals surface area contributed by atoms with E-state index < -0.39 is 11.9 Å². The fourth-order valence-electron chi connectivity index (χ4n) is 1.76. The normalized spacial score (nSPS) is 19.2. The third kappa shape index (κ3) is 2.99. The van der Waals surface area contributed by atoms with Gasteiger partial charge in [-0.05, 0) is 6.92 Å². The summed E-state index contributed by atoms with van der Waals surface area (Å²) in [4.78, 5) is 25.0. The van der Waals surface area contributed by atoms with Gasteiger partial charge in [-0.3, -0.25) is 4.79 Å². The van der Waals surface area contributed by atoms with E-state index in [9.17, 15) is 4.79 Å². The van der Waals surface area contributed by atoms with Gasteiger partial charge in [0.1, 0.15) is 6.04 Å². The van der Waals surface area contributed by atoms with Gasteiger partial charge in [-0.1, -0.05) is 0 Å². The van der Waals surface area contributed by atoms with E-state index in [0.29, 0.717) is 19.8 Å². The van der Waals surface area contributed by atoms with Crippen molar-refractivity contribution in [2.75, 3.05) is 37.0 Å². The van der Waals surface area contributed by atoms with E-state index in [2.05, 4.69) is 15.0 Å². The van der Waals surface area contributed by atoms with Crippen LogP contribution in [0.15, 0.2) is 0 Å². The lowest BCUT2D eigenvalue weighted by molar-refractivity contribution is -0.121. The average Bonchev–Trinajstić information content (AvgIpc) is 2.38. The number of primary amides is 1. The monoisotopic (exact) mass is 268 g/mol. The molecule has 0 saturated carbocycles. The number of hydrogen-bond donors (Lipinski definition) is 2. The van der Waals surface area contributed by atoms with Gasteiger partial charge < -0.3 is 25.8 Å². The average molecular weight is 268 g/mol. The van der Waals surface area contributed by atoms with E-state index in [-0.39, 0.29) is 24.5 Å². The summed E-state index contributed by atoms with van der Waals surface area (Å²) in [5, 5.41) is 0. The minimum atomic E-state index is -0.620. The fourth-order valence-corrected chi connectivity index (χ4v) is 1.76. The quantitative estimate of drug-likeness (QED) is 0.678. The molecule has 0 spiro atoms. The minimum absolute atomic E-state index is 0.0307. The molecule has 0 aliphatic carbocycles. The Morgan fingerprint density at radius 2 is 2.32 bits per heavy atom. The van der Waals surface area contributed by atoms with Crippen LogP contribution in [-0.4, -0.2) is 53.3 Å². The molecule has 4 N–H and O–H groups in total. The van der Waals surface area contributed by atoms with Gasteiger partial charge >= 0.3 is 6.01 Å². The number of nitrogens with two attached hydrogens (primary N) is 2. The van der Waals surface area contributed by atoms with Crippen LogP contribution in [0.2, 0.25) is 0 Å². The molecule has 0 bridgehead atoms. The zero-order valence-electron chi connectivity index (χ0n) is 10.6. The Labute approximate surface area is 109 Å². The molecule has 1 aromatic rings. The first-order valence-corrected chi connectivity index (χ1v) is 5.90. The molecule has 1 atom stereocenters. The van der Waals surface area contributed by atoms with E-state index >= 15 is 0 Å². The standard InChI is InChI=1S/C10H16N6O3/c1-2-19-10-14-8(12)13-9(15-10)16-3-4-18-5-6(16)7(11)17/h6H,2-5H2,1H3,(H2,11,17)(H2,12,13,14,15). The van der Waals surface area contributed by atoms with Crippen molar-refractivity contribution >= 4 is 17.8 Å². The number of aromatic nitrogens is 3. The lowest BCUT2D eigenvalue weighted by Gasteiger charge is -2.33. The predicted molar refractivity (Wildman–Crippen MR) is 66.6 cm³/mol. The molecule has 0 aromatic carbocycles. The van der Waals surface area contributed by atoms with E-state index in [4.69, 9.17) is 20.9 Å². The van der Waals surface area contributed by atoms with E-state index in [1.165, 1.54) is 0 Å². The van der Waals surface area contributed by atoms with Gasteiger partial charge in [-0.15, -0.1) is 0 Å². The van der Waals surface area contributed by atoms with Gasteiger partial charge in [-0.25, -0.2) is 0 Å². The molecule has 9 heteroatoms. The van der Waals surface area contributed by atoms with Gasteiger partial charge in [0.25, 0.3) is 0 Å². The Balaban J connectivity index is 2.30. The first-order valence-electron chi connectivity index (χ1n) is 5.90. The largest absolute Gasteiger partial charge is 0.464 e. The minimum Gasteiger partial charge on any atom is -0.464 e. The van der Waals surface area contributed by atoms with Crippen molar-refractivity contribution in [3.63, 3.8) is 0 Å². The number of carbonyl (C=O) groups is 1. The number of amides is 1. The van der Waals surface area contributed by atoms with Crippen LogP contribution in [0.25, 0.3) is 0 Å². The van der Waals surface area contributed by atoms with Crippen LogP contribution in [0.1, 0.15) is 6.92 Å². The Bertz CT molecular complexity index is 469. The Hall–Kier alpha value is -2.16. The highest BCUT2D eigenvalue weighted by atomic mass is 16.5. The zero-order chi connectivity index (χ0) is 13.8. The molecule has 0 radical (unpaired) electrons. The highest BCUT2D eigenvalue weighted by Gasteiger charge is 2.30. The van der Waals surface area contributed by atoms with Crippen LogP contribution < -0.4 is 21.1 Å². The fraction of sp³-hybridized carbons (Fsp3) is 0.600. The molecule has 1 unspecified atom stereocenters. The van der Waals surface area contributed by atoms with Crippen LogP contribution in [-0.2, 0) is 9.53 Å². The Morgan fingerprint density at radius 1 is 1.53 bits per heavy atom. The molecule has 2 rings (SSSR count). The van der Waals surface area contributed by atoms with Crippen LogP contribution >= 0.6 is 0 Å². The second-order valence-corrected chi connectivity index (χ2v) is 3.90. The second-order valence-electron chi connectivity index (χ2n) is 3.90. The molecule has 1 aliphatic heterocycles. The van der Waals surface area contributed by atoms with E-state index in [1.54, 1.807) is 11.8 Å². The number of hydrogen-bond acceptors (Lipinski definition) is 8. The van der Waals surface area contributed by atoms with Crippen molar-refractivity contribution in [1.29, 1.82) is 0 Å². The number of ether oxygens (including phenoxy) is 2. The lowest BCUT2D eigenvalue weighted by Crippen LogP contribution is -2.53. The summed E-state index contributed by atoms with van der Waals surface area (Å²) in [5.74, 6) is -0.206. The predicted octanol–water partition coefficient (Wildman–Crippen LogP) is -1.46. The SMILES string of the molecule is CCOc1nc(N)nc(N2CCOCC2C(N)=O)n1. The maximum Gasteiger partial charge on any atom is 0.323 e. The van der Waals surface area contributed by atoms with Gasteiger partial charge in [0.2, 0.25) is 17.8 Å². The molecule has 104 valence electrons. The van der Waals surface area contributed by atoms with Crippen LogP contribution in [0, 0.1) is 0 Å². The summed E-state index contributed by atoms with van der Waals surface area (Å²) in [5.41, 5.74) is 10.9. The summed E-state index contributed by atoms with van der Waals surface area (Å²) in [7, 11) is 0. The molecule has 1 aliphatic rings. The maximum absolute atomic E-state index is 11.4. The summed E-state index contributed by atoms with van der Waals surface area (Å²) < 4.78 is 10.4. The number of carbonyl (C=O) groups excluding carboxylic acids is 1. The highest BCUT2D eigenvalue weighted by Crippen LogP contribution is 2.18. The first-order chi connectivity index (χ1) is 9.11. The maximum atomic E-state index is 11.4. The summed E-state index contributed by atoms with van der Waals surface area (Å²) in [6, 6.07) is -0.496. The molecule has 19 heavy (non-hydrogen) atoms. The molecule has 9 nitrogen and oxygen atoms in total. The van der Waals surface area contributed by atoms with Crippen molar-refractivity contribution < 1.29 is 14.3 Å². The van der Waals surface area contributed by atoms with Crippen LogP contribution in [0.5, 0.6) is 6.01 Å². The van der Waals surface area contributed by atoms with Gasteiger partial charge in [0, 0.05) is 6.54 Å². The van der Waals surface area contributed by atoms with Gasteiger partial charge in [0.15, 0.2) is 0 Å². The highest BCUT2D eigenvalue weighted by molar-refractivity contribution is 5.83. The van der Waals surface area contributed by atoms with Crippen molar-refractivity contribution in [2.24, 2.45) is 5.73 Å². The number of morpholine rings is 1. The molecular formula is C10H16N6O3. The topological polar surface area (TPSA) is 129 Å². The van der Waals surface area contributed by atoms with Crippen molar-refractivity contribution in [3.8, 4) is 6.01 Å². The van der Waals surface area contributed by atoms with Crippen molar-refractivity contribution in [3.05, 3.63) is 0 Å². The molecule has 1 amide bonds. The number of nitrogen functional groups attached to an aromatic ring is 1. The third-order valence-electron chi connectivity index (χ3n) is 2.61. The molecule has 1 aromatic heterocycles. The van der Waals surface area contributed by atoms with Gasteiger partial charge in [-0.2, -0.15) is 15.0 Å². The third-order valence-corrected chi connectivity index (χ3v) is 2.61. The molecule has 2 heterocycles. The zero-order valence-corrected chi connectivity index (χ0v) is 10.6. The first kappa shape index (κ1) is 13.3. The summed E-state index contributed by atoms with van der Waals surface area (Å²) >= 11 is 0. The van der Waals surface area contributed by atoms with Crippen molar-refractivity contribution in [1.82, 2.24) is 15.0 Å². The summed E-state index contributed by atoms with van der Waals surface area (Å²) in [6.45, 7) is 3.32. The lowest BCUT2D eigenvalue weighted by atomic mass is 10.2. The number of nitrogens with zero attached hydrogens (tertiary/aromatic N) is 4. The molecule has 1 saturated heterocycles. The molecular weight excluding hydrogens is 252 g/mol. The summed E-state index contributed by atoms with van der Waals surface area (Å²) in [6.07, 6.45) is 0. The van der Waals surface area contributed by atoms with Crippen LogP contribution in [0.4, 0.5) is 11.9 Å². The Kier molecular flexibility index (Phi) is 3.95.